The Hall–Kier alpha value is -1.02. The molecule has 2 nitrogen and oxygen atoms in total. The largest absolute Gasteiger partial charge is 0.491 e. The van der Waals surface area contributed by atoms with Gasteiger partial charge in [0.25, 0.3) is 0 Å². The lowest BCUT2D eigenvalue weighted by atomic mass is 10.2. The van der Waals surface area contributed by atoms with Gasteiger partial charge in [-0.25, -0.2) is 0 Å². The third-order valence-electron chi connectivity index (χ3n) is 1.50. The second-order valence-electron chi connectivity index (χ2n) is 2.55. The van der Waals surface area contributed by atoms with Gasteiger partial charge in [-0.1, -0.05) is 6.07 Å². The van der Waals surface area contributed by atoms with Crippen LogP contribution in [0.25, 0.3) is 0 Å². The Kier molecular flexibility index (Phi) is 3.61. The number of rotatable bonds is 4. The van der Waals surface area contributed by atoms with Crippen molar-refractivity contribution in [1.29, 1.82) is 0 Å². The SMILES string of the molecule is COCCOc1c[c]c(C)cc1. The van der Waals surface area contributed by atoms with Crippen LogP contribution in [0.15, 0.2) is 18.2 Å². The van der Waals surface area contributed by atoms with E-state index in [2.05, 4.69) is 6.07 Å². The van der Waals surface area contributed by atoms with Crippen molar-refractivity contribution >= 4 is 0 Å². The van der Waals surface area contributed by atoms with Crippen molar-refractivity contribution in [3.8, 4) is 5.75 Å². The van der Waals surface area contributed by atoms with E-state index < -0.39 is 0 Å². The fourth-order valence-corrected chi connectivity index (χ4v) is 0.821. The molecule has 1 radical (unpaired) electrons. The third-order valence-corrected chi connectivity index (χ3v) is 1.50. The van der Waals surface area contributed by atoms with Crippen molar-refractivity contribution in [1.82, 2.24) is 0 Å². The van der Waals surface area contributed by atoms with Crippen LogP contribution in [0.2, 0.25) is 0 Å². The molecule has 0 aliphatic rings. The second-order valence-corrected chi connectivity index (χ2v) is 2.55. The zero-order chi connectivity index (χ0) is 8.81. The van der Waals surface area contributed by atoms with Gasteiger partial charge in [-0.15, -0.1) is 0 Å². The molecule has 0 saturated heterocycles. The van der Waals surface area contributed by atoms with Crippen LogP contribution in [-0.4, -0.2) is 20.3 Å². The van der Waals surface area contributed by atoms with Crippen molar-refractivity contribution < 1.29 is 9.47 Å². The molecule has 0 aliphatic heterocycles. The molecule has 1 aromatic carbocycles. The highest BCUT2D eigenvalue weighted by atomic mass is 16.5. The zero-order valence-electron chi connectivity index (χ0n) is 7.46. The first kappa shape index (κ1) is 9.07. The standard InChI is InChI=1S/C10H13O2/c1-9-3-5-10(6-4-9)12-8-7-11-2/h3,5-6H,7-8H2,1-2H3. The first-order chi connectivity index (χ1) is 5.83. The van der Waals surface area contributed by atoms with Crippen molar-refractivity contribution in [3.05, 3.63) is 29.8 Å². The van der Waals surface area contributed by atoms with Crippen LogP contribution < -0.4 is 4.74 Å². The van der Waals surface area contributed by atoms with Crippen LogP contribution in [0.4, 0.5) is 0 Å². The summed E-state index contributed by atoms with van der Waals surface area (Å²) in [7, 11) is 1.66. The summed E-state index contributed by atoms with van der Waals surface area (Å²) in [5.74, 6) is 0.845. The van der Waals surface area contributed by atoms with Gasteiger partial charge in [0.2, 0.25) is 0 Å². The highest BCUT2D eigenvalue weighted by Gasteiger charge is 1.91. The Morgan fingerprint density at radius 2 is 2.17 bits per heavy atom. The van der Waals surface area contributed by atoms with Gasteiger partial charge >= 0.3 is 0 Å². The summed E-state index contributed by atoms with van der Waals surface area (Å²) in [5.41, 5.74) is 1.12. The fraction of sp³-hybridized carbons (Fsp3) is 0.400. The third kappa shape index (κ3) is 2.93. The maximum absolute atomic E-state index is 5.35. The number of hydrogen-bond acceptors (Lipinski definition) is 2. The van der Waals surface area contributed by atoms with Crippen LogP contribution in [0, 0.1) is 13.0 Å². The molecule has 0 heterocycles. The van der Waals surface area contributed by atoms with Gasteiger partial charge in [0.1, 0.15) is 12.4 Å². The fourth-order valence-electron chi connectivity index (χ4n) is 0.821. The van der Waals surface area contributed by atoms with Crippen LogP contribution in [-0.2, 0) is 4.74 Å². The quantitative estimate of drug-likeness (QED) is 0.633. The summed E-state index contributed by atoms with van der Waals surface area (Å²) in [6, 6.07) is 8.81. The lowest BCUT2D eigenvalue weighted by molar-refractivity contribution is 0.146. The van der Waals surface area contributed by atoms with Gasteiger partial charge in [0.15, 0.2) is 0 Å². The van der Waals surface area contributed by atoms with Crippen LogP contribution in [0.5, 0.6) is 5.75 Å². The van der Waals surface area contributed by atoms with E-state index >= 15 is 0 Å². The van der Waals surface area contributed by atoms with Gasteiger partial charge in [-0.3, -0.25) is 0 Å². The van der Waals surface area contributed by atoms with Gasteiger partial charge in [-0.05, 0) is 30.7 Å². The molecule has 0 N–H and O–H groups in total. The van der Waals surface area contributed by atoms with E-state index in [9.17, 15) is 0 Å². The summed E-state index contributed by atoms with van der Waals surface area (Å²) in [4.78, 5) is 0. The molecule has 0 amide bonds. The molecule has 2 heteroatoms. The maximum Gasteiger partial charge on any atom is 0.120 e. The second kappa shape index (κ2) is 4.78. The summed E-state index contributed by atoms with van der Waals surface area (Å²) in [6.07, 6.45) is 0. The van der Waals surface area contributed by atoms with E-state index in [1.807, 2.05) is 25.1 Å². The highest BCUT2D eigenvalue weighted by molar-refractivity contribution is 5.25. The Bertz CT molecular complexity index is 216. The highest BCUT2D eigenvalue weighted by Crippen LogP contribution is 2.10. The van der Waals surface area contributed by atoms with E-state index in [1.165, 1.54) is 0 Å². The maximum atomic E-state index is 5.35. The molecular weight excluding hydrogens is 152 g/mol. The summed E-state index contributed by atoms with van der Waals surface area (Å²) < 4.78 is 10.2. The number of ether oxygens (including phenoxy) is 2. The molecule has 0 fully saturated rings. The van der Waals surface area contributed by atoms with E-state index in [4.69, 9.17) is 9.47 Å². The monoisotopic (exact) mass is 165 g/mol. The molecule has 0 aliphatic carbocycles. The minimum Gasteiger partial charge on any atom is -0.491 e. The number of benzene rings is 1. The predicted octanol–water partition coefficient (Wildman–Crippen LogP) is 1.82. The van der Waals surface area contributed by atoms with E-state index in [0.29, 0.717) is 13.2 Å². The normalized spacial score (nSPS) is 9.83. The van der Waals surface area contributed by atoms with Crippen molar-refractivity contribution in [3.63, 3.8) is 0 Å². The Morgan fingerprint density at radius 3 is 2.75 bits per heavy atom. The molecule has 0 saturated carbocycles. The molecule has 0 unspecified atom stereocenters. The molecule has 1 rings (SSSR count). The lowest BCUT2D eigenvalue weighted by Gasteiger charge is -2.04. The zero-order valence-corrected chi connectivity index (χ0v) is 7.46. The van der Waals surface area contributed by atoms with Crippen molar-refractivity contribution in [2.24, 2.45) is 0 Å². The molecule has 0 bridgehead atoms. The number of aryl methyl sites for hydroxylation is 1. The average molecular weight is 165 g/mol. The van der Waals surface area contributed by atoms with Gasteiger partial charge in [-0.2, -0.15) is 0 Å². The van der Waals surface area contributed by atoms with Gasteiger partial charge in [0.05, 0.1) is 6.61 Å². The minimum absolute atomic E-state index is 0.591. The van der Waals surface area contributed by atoms with E-state index in [0.717, 1.165) is 11.3 Å². The van der Waals surface area contributed by atoms with Crippen LogP contribution in [0.3, 0.4) is 0 Å². The number of hydrogen-bond donors (Lipinski definition) is 0. The number of methoxy groups -OCH3 is 1. The Labute approximate surface area is 73.1 Å². The molecule has 1 aromatic rings. The smallest absolute Gasteiger partial charge is 0.120 e. The molecule has 65 valence electrons. The Morgan fingerprint density at radius 1 is 1.33 bits per heavy atom. The first-order valence-corrected chi connectivity index (χ1v) is 3.93. The van der Waals surface area contributed by atoms with Crippen molar-refractivity contribution in [2.45, 2.75) is 6.92 Å². The molecule has 12 heavy (non-hydrogen) atoms. The van der Waals surface area contributed by atoms with Crippen LogP contribution >= 0.6 is 0 Å². The van der Waals surface area contributed by atoms with Gasteiger partial charge < -0.3 is 9.47 Å². The molecule has 0 aromatic heterocycles. The van der Waals surface area contributed by atoms with Crippen LogP contribution in [0.1, 0.15) is 5.56 Å². The molecular formula is C10H13O2. The summed E-state index contributed by atoms with van der Waals surface area (Å²) in [5, 5.41) is 0. The lowest BCUT2D eigenvalue weighted by Crippen LogP contribution is -2.03. The summed E-state index contributed by atoms with van der Waals surface area (Å²) >= 11 is 0. The van der Waals surface area contributed by atoms with Crippen molar-refractivity contribution in [2.75, 3.05) is 20.3 Å². The van der Waals surface area contributed by atoms with E-state index in [-0.39, 0.29) is 0 Å². The predicted molar refractivity (Wildman–Crippen MR) is 47.4 cm³/mol. The minimum atomic E-state index is 0.591. The Balaban J connectivity index is 2.37. The summed E-state index contributed by atoms with van der Waals surface area (Å²) in [6.45, 7) is 3.21. The topological polar surface area (TPSA) is 18.5 Å². The average Bonchev–Trinajstić information content (AvgIpc) is 2.09. The first-order valence-electron chi connectivity index (χ1n) is 3.93. The van der Waals surface area contributed by atoms with Gasteiger partial charge in [0, 0.05) is 7.11 Å². The molecule has 0 atom stereocenters. The molecule has 0 spiro atoms. The van der Waals surface area contributed by atoms with E-state index in [1.54, 1.807) is 7.11 Å².